The Morgan fingerprint density at radius 1 is 1.00 bits per heavy atom. The van der Waals surface area contributed by atoms with E-state index in [-0.39, 0.29) is 23.5 Å². The number of aliphatic hydroxyl groups excluding tert-OH is 1. The minimum Gasteiger partial charge on any atom is -0.489 e. The smallest absolute Gasteiger partial charge is 0.407 e. The Kier molecular flexibility index (Phi) is 7.25. The molecule has 3 aromatic carbocycles. The molecule has 1 heterocycles. The minimum absolute atomic E-state index is 0.144. The van der Waals surface area contributed by atoms with E-state index in [0.717, 1.165) is 12.0 Å². The van der Waals surface area contributed by atoms with Gasteiger partial charge in [-0.2, -0.15) is 0 Å². The maximum Gasteiger partial charge on any atom is 0.407 e. The summed E-state index contributed by atoms with van der Waals surface area (Å²) in [5.74, 6) is 0.281. The lowest BCUT2D eigenvalue weighted by atomic mass is 9.58. The molecule has 1 aliphatic heterocycles. The van der Waals surface area contributed by atoms with Gasteiger partial charge >= 0.3 is 12.1 Å². The first-order valence-corrected chi connectivity index (χ1v) is 16.4. The van der Waals surface area contributed by atoms with Crippen LogP contribution in [0.15, 0.2) is 78.9 Å². The number of amides is 1. The van der Waals surface area contributed by atoms with Crippen molar-refractivity contribution in [2.45, 2.75) is 89.4 Å². The highest BCUT2D eigenvalue weighted by atomic mass is 16.6. The molecule has 8 heteroatoms. The SMILES string of the molecule is CCOC(=O)N[C@@H](c1ccc(OCc2ccccc2)cc1)[C@@H](O)C(=O)OC1CC2C(C)(C)C1(C)[C@@]13C[C@H](C)c4ccccc4[C@@]21O3. The van der Waals surface area contributed by atoms with Gasteiger partial charge in [0, 0.05) is 11.3 Å². The third kappa shape index (κ3) is 4.19. The fraction of sp³-hybridized carbons (Fsp3) is 0.474. The fourth-order valence-electron chi connectivity index (χ4n) is 9.41. The van der Waals surface area contributed by atoms with Crippen LogP contribution in [0.3, 0.4) is 0 Å². The highest BCUT2D eigenvalue weighted by Crippen LogP contribution is 2.89. The Morgan fingerprint density at radius 3 is 2.41 bits per heavy atom. The van der Waals surface area contributed by atoms with Crippen molar-refractivity contribution in [1.29, 1.82) is 0 Å². The van der Waals surface area contributed by atoms with Crippen LogP contribution < -0.4 is 10.1 Å². The highest BCUT2D eigenvalue weighted by molar-refractivity contribution is 5.78. The Labute approximate surface area is 270 Å². The summed E-state index contributed by atoms with van der Waals surface area (Å²) in [6.07, 6.45) is -1.38. The molecule has 1 amide bonds. The second-order valence-corrected chi connectivity index (χ2v) is 14.1. The van der Waals surface area contributed by atoms with Gasteiger partial charge in [-0.3, -0.25) is 0 Å². The van der Waals surface area contributed by atoms with Crippen LogP contribution in [0.4, 0.5) is 4.79 Å². The molecule has 3 unspecified atom stereocenters. The number of esters is 1. The van der Waals surface area contributed by atoms with Gasteiger partial charge in [0.25, 0.3) is 0 Å². The Bertz CT molecular complexity index is 1640. The molecule has 2 bridgehead atoms. The number of hydrogen-bond donors (Lipinski definition) is 2. The lowest BCUT2D eigenvalue weighted by Crippen LogP contribution is -2.53. The number of aliphatic hydroxyl groups is 1. The van der Waals surface area contributed by atoms with Crippen LogP contribution in [0.2, 0.25) is 0 Å². The summed E-state index contributed by atoms with van der Waals surface area (Å²) in [6.45, 7) is 11.2. The van der Waals surface area contributed by atoms with Gasteiger partial charge in [-0.05, 0) is 65.5 Å². The number of rotatable bonds is 9. The van der Waals surface area contributed by atoms with E-state index < -0.39 is 41.3 Å². The Balaban J connectivity index is 1.11. The summed E-state index contributed by atoms with van der Waals surface area (Å²) in [4.78, 5) is 26.4. The van der Waals surface area contributed by atoms with Crippen LogP contribution in [0.1, 0.15) is 81.7 Å². The van der Waals surface area contributed by atoms with Gasteiger partial charge < -0.3 is 29.4 Å². The number of carbonyl (C=O) groups is 2. The zero-order chi connectivity index (χ0) is 32.5. The highest BCUT2D eigenvalue weighted by Gasteiger charge is 2.95. The van der Waals surface area contributed by atoms with Gasteiger partial charge in [0.2, 0.25) is 0 Å². The largest absolute Gasteiger partial charge is 0.489 e. The molecule has 0 aromatic heterocycles. The van der Waals surface area contributed by atoms with Crippen molar-refractivity contribution in [2.75, 3.05) is 6.61 Å². The van der Waals surface area contributed by atoms with E-state index in [0.29, 0.717) is 30.3 Å². The Hall–Kier alpha value is -3.88. The number of fused-ring (bicyclic) bond motifs is 3. The molecule has 2 saturated carbocycles. The maximum absolute atomic E-state index is 13.8. The third-order valence-electron chi connectivity index (χ3n) is 11.9. The van der Waals surface area contributed by atoms with Gasteiger partial charge in [-0.25, -0.2) is 9.59 Å². The first-order chi connectivity index (χ1) is 22.0. The molecule has 2 N–H and O–H groups in total. The molecule has 0 radical (unpaired) electrons. The van der Waals surface area contributed by atoms with Crippen LogP contribution in [-0.4, -0.2) is 41.6 Å². The van der Waals surface area contributed by atoms with Crippen molar-refractivity contribution in [1.82, 2.24) is 5.32 Å². The number of ether oxygens (including phenoxy) is 4. The van der Waals surface area contributed by atoms with Gasteiger partial charge in [0.05, 0.1) is 12.6 Å². The van der Waals surface area contributed by atoms with E-state index >= 15 is 0 Å². The molecular weight excluding hydrogens is 582 g/mol. The molecule has 242 valence electrons. The van der Waals surface area contributed by atoms with E-state index in [9.17, 15) is 14.7 Å². The molecule has 7 rings (SSSR count). The summed E-state index contributed by atoms with van der Waals surface area (Å²) in [5, 5.41) is 14.2. The number of epoxide rings is 1. The van der Waals surface area contributed by atoms with Crippen LogP contribution in [0, 0.1) is 16.7 Å². The van der Waals surface area contributed by atoms with Crippen molar-refractivity contribution >= 4 is 12.1 Å². The number of alkyl carbamates (subject to hydrolysis) is 1. The van der Waals surface area contributed by atoms with Gasteiger partial charge in [0.1, 0.15) is 29.7 Å². The first-order valence-electron chi connectivity index (χ1n) is 16.4. The third-order valence-corrected chi connectivity index (χ3v) is 11.9. The van der Waals surface area contributed by atoms with E-state index in [1.165, 1.54) is 11.1 Å². The van der Waals surface area contributed by atoms with Crippen LogP contribution >= 0.6 is 0 Å². The van der Waals surface area contributed by atoms with E-state index in [2.05, 4.69) is 57.3 Å². The quantitative estimate of drug-likeness (QED) is 0.205. The average Bonchev–Trinajstić information content (AvgIpc) is 3.68. The number of benzene rings is 3. The maximum atomic E-state index is 13.8. The topological polar surface area (TPSA) is 107 Å². The van der Waals surface area contributed by atoms with Crippen LogP contribution in [-0.2, 0) is 31.2 Å². The molecule has 4 aliphatic rings. The predicted octanol–water partition coefficient (Wildman–Crippen LogP) is 6.56. The Morgan fingerprint density at radius 2 is 1.70 bits per heavy atom. The van der Waals surface area contributed by atoms with E-state index in [4.69, 9.17) is 18.9 Å². The van der Waals surface area contributed by atoms with Crippen molar-refractivity contribution in [2.24, 2.45) is 16.7 Å². The fourth-order valence-corrected chi connectivity index (χ4v) is 9.41. The standard InChI is InChI=1S/C38H43NO7/c1-6-43-34(42)39-31(25-16-18-26(19-17-25)44-22-24-12-8-7-9-13-24)32(40)33(41)45-30-20-29-35(3,4)36(30,5)37-21-23(2)27-14-10-11-15-28(27)38(29,37)46-37/h7-19,23,29-32,40H,6,20-22H2,1-5H3,(H,39,42)/t23-,29?,30?,31-,32+,36?,37-,38+/m0/s1. The summed E-state index contributed by atoms with van der Waals surface area (Å²) in [7, 11) is 0. The summed E-state index contributed by atoms with van der Waals surface area (Å²) < 4.78 is 24.2. The van der Waals surface area contributed by atoms with Gasteiger partial charge in [-0.1, -0.05) is 94.4 Å². The number of hydrogen-bond acceptors (Lipinski definition) is 7. The summed E-state index contributed by atoms with van der Waals surface area (Å²) in [6, 6.07) is 24.3. The second kappa shape index (κ2) is 10.8. The lowest BCUT2D eigenvalue weighted by molar-refractivity contribution is -0.173. The molecule has 3 aliphatic carbocycles. The first kappa shape index (κ1) is 30.8. The minimum atomic E-state index is -1.67. The monoisotopic (exact) mass is 625 g/mol. The lowest BCUT2D eigenvalue weighted by Gasteiger charge is -2.46. The molecule has 8 atom stereocenters. The number of nitrogens with one attached hydrogen (secondary N) is 1. The van der Waals surface area contributed by atoms with Gasteiger partial charge in [-0.15, -0.1) is 0 Å². The van der Waals surface area contributed by atoms with Crippen LogP contribution in [0.25, 0.3) is 0 Å². The number of carbonyl (C=O) groups excluding carboxylic acids is 2. The normalized spacial score (nSPS) is 32.3. The van der Waals surface area contributed by atoms with E-state index in [1.807, 2.05) is 30.3 Å². The van der Waals surface area contributed by atoms with E-state index in [1.54, 1.807) is 31.2 Å². The molecule has 3 fully saturated rings. The van der Waals surface area contributed by atoms with Crippen molar-refractivity contribution < 1.29 is 33.6 Å². The molecule has 46 heavy (non-hydrogen) atoms. The van der Waals surface area contributed by atoms with Gasteiger partial charge in [0.15, 0.2) is 6.10 Å². The zero-order valence-electron chi connectivity index (χ0n) is 27.1. The predicted molar refractivity (Wildman–Crippen MR) is 171 cm³/mol. The molecular formula is C38H43NO7. The zero-order valence-corrected chi connectivity index (χ0v) is 27.1. The van der Waals surface area contributed by atoms with Crippen molar-refractivity contribution in [3.05, 3.63) is 101 Å². The molecule has 3 aromatic rings. The molecule has 1 saturated heterocycles. The average molecular weight is 626 g/mol. The second-order valence-electron chi connectivity index (χ2n) is 14.1. The molecule has 8 nitrogen and oxygen atoms in total. The van der Waals surface area contributed by atoms with Crippen molar-refractivity contribution in [3.8, 4) is 5.75 Å². The summed E-state index contributed by atoms with van der Waals surface area (Å²) >= 11 is 0. The van der Waals surface area contributed by atoms with Crippen LogP contribution in [0.5, 0.6) is 5.75 Å². The summed E-state index contributed by atoms with van der Waals surface area (Å²) in [5.41, 5.74) is 2.67. The molecule has 0 spiro atoms. The van der Waals surface area contributed by atoms with Crippen molar-refractivity contribution in [3.63, 3.8) is 0 Å².